The van der Waals surface area contributed by atoms with E-state index in [0.29, 0.717) is 37.8 Å². The van der Waals surface area contributed by atoms with Gasteiger partial charge in [-0.25, -0.2) is 8.42 Å². The summed E-state index contributed by atoms with van der Waals surface area (Å²) in [5, 5.41) is 16.1. The molecule has 1 saturated carbocycles. The number of piperidine rings is 1. The third-order valence-corrected chi connectivity index (χ3v) is 9.35. The van der Waals surface area contributed by atoms with Crippen molar-refractivity contribution in [3.05, 3.63) is 54.2 Å². The van der Waals surface area contributed by atoms with Gasteiger partial charge in [0, 0.05) is 45.6 Å². The number of nitrogens with one attached hydrogen (secondary N) is 3. The molecular weight excluding hydrogens is 572 g/mol. The van der Waals surface area contributed by atoms with Crippen molar-refractivity contribution < 1.29 is 22.5 Å². The first-order valence-electron chi connectivity index (χ1n) is 14.6. The number of sulfonamides is 1. The van der Waals surface area contributed by atoms with Crippen LogP contribution in [-0.2, 0) is 26.0 Å². The first-order valence-corrected chi connectivity index (χ1v) is 16.0. The number of hydrogen-bond donors (Lipinski definition) is 4. The summed E-state index contributed by atoms with van der Waals surface area (Å²) in [5.74, 6) is 0.0505. The van der Waals surface area contributed by atoms with Gasteiger partial charge in [0.05, 0.1) is 11.3 Å². The van der Waals surface area contributed by atoms with Gasteiger partial charge in [-0.1, -0.05) is 35.5 Å². The van der Waals surface area contributed by atoms with Crippen LogP contribution in [0.1, 0.15) is 43.8 Å². The number of benzene rings is 2. The maximum Gasteiger partial charge on any atom is 0.241 e. The topological polar surface area (TPSA) is 188 Å². The number of aryl methyl sites for hydroxylation is 1. The molecule has 2 aliphatic rings. The Bertz CT molecular complexity index is 1590. The second-order valence-electron chi connectivity index (χ2n) is 11.3. The van der Waals surface area contributed by atoms with Crippen molar-refractivity contribution in [2.75, 3.05) is 26.2 Å². The summed E-state index contributed by atoms with van der Waals surface area (Å²) in [6.07, 6.45) is 3.28. The van der Waals surface area contributed by atoms with Gasteiger partial charge in [-0.15, -0.1) is 0 Å². The third-order valence-electron chi connectivity index (χ3n) is 7.88. The van der Waals surface area contributed by atoms with Crippen LogP contribution in [0.4, 0.5) is 0 Å². The van der Waals surface area contributed by atoms with Crippen molar-refractivity contribution in [3.8, 4) is 0 Å². The minimum Gasteiger partial charge on any atom is -0.370 e. The fourth-order valence-corrected chi connectivity index (χ4v) is 6.68. The fourth-order valence-electron chi connectivity index (χ4n) is 5.46. The Hall–Kier alpha value is -4.04. The minimum atomic E-state index is -4.16. The largest absolute Gasteiger partial charge is 0.370 e. The van der Waals surface area contributed by atoms with Gasteiger partial charge in [0.25, 0.3) is 0 Å². The third kappa shape index (κ3) is 7.87. The zero-order valence-corrected chi connectivity index (χ0v) is 25.0. The highest BCUT2D eigenvalue weighted by Crippen LogP contribution is 2.28. The molecule has 2 fully saturated rings. The van der Waals surface area contributed by atoms with E-state index >= 15 is 0 Å². The molecule has 0 radical (unpaired) electrons. The molecule has 1 saturated heterocycles. The highest BCUT2D eigenvalue weighted by atomic mass is 32.2. The highest BCUT2D eigenvalue weighted by Gasteiger charge is 2.38. The van der Waals surface area contributed by atoms with Gasteiger partial charge in [0.2, 0.25) is 27.7 Å². The average Bonchev–Trinajstić information content (AvgIpc) is 3.75. The number of rotatable bonds is 12. The van der Waals surface area contributed by atoms with Gasteiger partial charge in [-0.05, 0) is 54.5 Å². The lowest BCUT2D eigenvalue weighted by atomic mass is 9.98. The summed E-state index contributed by atoms with van der Waals surface area (Å²) < 4.78 is 34.8. The Morgan fingerprint density at radius 3 is 2.65 bits per heavy atom. The van der Waals surface area contributed by atoms with Crippen molar-refractivity contribution >= 4 is 38.6 Å². The van der Waals surface area contributed by atoms with Crippen molar-refractivity contribution in [1.82, 2.24) is 30.0 Å². The summed E-state index contributed by atoms with van der Waals surface area (Å²) in [7, 11) is -4.16. The van der Waals surface area contributed by atoms with E-state index in [4.69, 9.17) is 15.7 Å². The normalized spacial score (nSPS) is 17.9. The summed E-state index contributed by atoms with van der Waals surface area (Å²) in [6, 6.07) is 10.8. The first-order chi connectivity index (χ1) is 20.6. The van der Waals surface area contributed by atoms with Crippen LogP contribution in [0.3, 0.4) is 0 Å². The van der Waals surface area contributed by atoms with E-state index in [2.05, 4.69) is 20.2 Å². The monoisotopic (exact) mass is 610 g/mol. The van der Waals surface area contributed by atoms with Crippen LogP contribution in [0.15, 0.2) is 51.9 Å². The Labute approximate surface area is 250 Å². The van der Waals surface area contributed by atoms with Crippen LogP contribution >= 0.6 is 0 Å². The summed E-state index contributed by atoms with van der Waals surface area (Å²) in [6.45, 7) is 3.54. The molecule has 14 heteroatoms. The number of amides is 2. The number of carbonyl (C=O) groups is 2. The molecule has 1 aromatic heterocycles. The first kappa shape index (κ1) is 30.4. The highest BCUT2D eigenvalue weighted by molar-refractivity contribution is 7.89. The lowest BCUT2D eigenvalue weighted by Crippen LogP contribution is -2.52. The standard InChI is InChI=1S/C29H38N8O5S/c1-19-33-26(34-42-19)12-14-37(23-9-10-23)28(39)25(16-27(38)32-17-20-5-4-13-36(18-20)29(30)31)35-43(40,41)24-11-8-21-6-2-3-7-22(21)15-24/h2-3,6-8,11,15,20,23,25,35H,4-5,9-10,12-14,16-18H2,1H3,(H3,30,31)(H,32,38)/t20?,25-/m0/s1. The second-order valence-corrected chi connectivity index (χ2v) is 13.0. The predicted molar refractivity (Wildman–Crippen MR) is 159 cm³/mol. The smallest absolute Gasteiger partial charge is 0.241 e. The van der Waals surface area contributed by atoms with Gasteiger partial charge in [0.15, 0.2) is 11.8 Å². The van der Waals surface area contributed by atoms with Crippen molar-refractivity contribution in [2.24, 2.45) is 11.7 Å². The van der Waals surface area contributed by atoms with Crippen molar-refractivity contribution in [3.63, 3.8) is 0 Å². The molecule has 1 unspecified atom stereocenters. The number of nitrogens with zero attached hydrogens (tertiary/aromatic N) is 4. The van der Waals surface area contributed by atoms with Crippen LogP contribution in [0.5, 0.6) is 0 Å². The molecule has 1 aliphatic heterocycles. The molecule has 3 aromatic rings. The van der Waals surface area contributed by atoms with Crippen LogP contribution in [0, 0.1) is 18.3 Å². The van der Waals surface area contributed by atoms with Crippen molar-refractivity contribution in [1.29, 1.82) is 5.41 Å². The number of hydrogen-bond acceptors (Lipinski definition) is 8. The van der Waals surface area contributed by atoms with Gasteiger partial charge < -0.3 is 25.4 Å². The molecule has 0 bridgehead atoms. The van der Waals surface area contributed by atoms with Gasteiger partial charge in [0.1, 0.15) is 6.04 Å². The number of nitrogens with two attached hydrogens (primary N) is 1. The van der Waals surface area contributed by atoms with Crippen LogP contribution < -0.4 is 15.8 Å². The molecule has 1 aliphatic carbocycles. The van der Waals surface area contributed by atoms with E-state index in [-0.39, 0.29) is 35.8 Å². The molecule has 2 atom stereocenters. The molecule has 43 heavy (non-hydrogen) atoms. The lowest BCUT2D eigenvalue weighted by Gasteiger charge is -2.33. The quantitative estimate of drug-likeness (QED) is 0.174. The molecule has 5 N–H and O–H groups in total. The molecule has 230 valence electrons. The second kappa shape index (κ2) is 13.1. The molecule has 2 heterocycles. The SMILES string of the molecule is Cc1nc(CCN(C(=O)[C@H](CC(=O)NCC2CCCN(C(=N)N)C2)NS(=O)(=O)c2ccc3ccccc3c2)C2CC2)no1. The number of fused-ring (bicyclic) bond motifs is 1. The zero-order valence-electron chi connectivity index (χ0n) is 24.2. The predicted octanol–water partition coefficient (Wildman–Crippen LogP) is 1.52. The minimum absolute atomic E-state index is 0.000864. The Balaban J connectivity index is 1.32. The molecule has 2 amide bonds. The van der Waals surface area contributed by atoms with E-state index in [1.54, 1.807) is 28.9 Å². The molecular formula is C29H38N8O5S. The maximum atomic E-state index is 13.9. The van der Waals surface area contributed by atoms with Crippen LogP contribution in [0.25, 0.3) is 10.8 Å². The maximum absolute atomic E-state index is 13.9. The number of carbonyl (C=O) groups excluding carboxylic acids is 2. The molecule has 2 aromatic carbocycles. The number of aromatic nitrogens is 2. The van der Waals surface area contributed by atoms with E-state index < -0.39 is 27.9 Å². The van der Waals surface area contributed by atoms with Gasteiger partial charge >= 0.3 is 0 Å². The van der Waals surface area contributed by atoms with E-state index in [1.807, 2.05) is 24.3 Å². The number of guanidine groups is 1. The van der Waals surface area contributed by atoms with E-state index in [9.17, 15) is 18.0 Å². The molecule has 0 spiro atoms. The summed E-state index contributed by atoms with van der Waals surface area (Å²) in [5.41, 5.74) is 5.64. The lowest BCUT2D eigenvalue weighted by molar-refractivity contribution is -0.136. The van der Waals surface area contributed by atoms with Crippen LogP contribution in [-0.4, -0.2) is 84.4 Å². The molecule has 13 nitrogen and oxygen atoms in total. The Morgan fingerprint density at radius 2 is 1.95 bits per heavy atom. The molecule has 5 rings (SSSR count). The zero-order chi connectivity index (χ0) is 30.6. The van der Waals surface area contributed by atoms with Gasteiger partial charge in [-0.2, -0.15) is 9.71 Å². The Morgan fingerprint density at radius 1 is 1.19 bits per heavy atom. The van der Waals surface area contributed by atoms with E-state index in [1.165, 1.54) is 6.07 Å². The van der Waals surface area contributed by atoms with E-state index in [0.717, 1.165) is 36.5 Å². The van der Waals surface area contributed by atoms with Gasteiger partial charge in [-0.3, -0.25) is 15.0 Å². The van der Waals surface area contributed by atoms with Crippen molar-refractivity contribution in [2.45, 2.75) is 62.4 Å². The Kier molecular flexibility index (Phi) is 9.25. The summed E-state index contributed by atoms with van der Waals surface area (Å²) >= 11 is 0. The fraction of sp³-hybridized carbons (Fsp3) is 0.483. The van der Waals surface area contributed by atoms with Crippen LogP contribution in [0.2, 0.25) is 0 Å². The number of likely N-dealkylation sites (tertiary alicyclic amines) is 1. The summed E-state index contributed by atoms with van der Waals surface area (Å²) in [4.78, 5) is 34.7. The average molecular weight is 611 g/mol.